The summed E-state index contributed by atoms with van der Waals surface area (Å²) in [5.41, 5.74) is 14.3. The van der Waals surface area contributed by atoms with Gasteiger partial charge in [0, 0.05) is 28.3 Å². The van der Waals surface area contributed by atoms with Gasteiger partial charge in [0.15, 0.2) is 11.4 Å². The third-order valence-electron chi connectivity index (χ3n) is 9.99. The number of nitrogens with zero attached hydrogens (tertiary/aromatic N) is 1. The number of phenolic OH excluding ortho intramolecular Hbond substituents is 2. The first-order valence-corrected chi connectivity index (χ1v) is 24.4. The number of aryl methyl sites for hydroxylation is 1. The number of aromatic carboxylic acids is 1. The maximum absolute atomic E-state index is 13.3. The van der Waals surface area contributed by atoms with Crippen molar-refractivity contribution in [3.05, 3.63) is 107 Å². The van der Waals surface area contributed by atoms with E-state index in [0.717, 1.165) is 53.2 Å². The standard InChI is InChI=1S/C38H34N8O18S4/c1-17-11-27(29(64-2)16-26(17)41-40-25-9-10-30(67(58,59)60)24-14-22(66(55,56)57)15-28(47)32(24)25)42-43-33-31(68(61,62)63)13-18-12-19(3-8-23(18)36(33)48)39-44-34-35(38(50)51)45-46(37(34)49)20-4-6-21(7-5-20)65(52,53)54/h3-16,39-45,47-48H,1-2H3,(H,50,51)(H,52,53,54)(H,55,56,57)(H,58,59,60)(H,61,62,63). The Hall–Kier alpha value is -7.84. The van der Waals surface area contributed by atoms with Gasteiger partial charge in [0.1, 0.15) is 32.7 Å². The molecule has 0 fully saturated rings. The molecule has 68 heavy (non-hydrogen) atoms. The van der Waals surface area contributed by atoms with E-state index in [0.29, 0.717) is 11.6 Å². The molecule has 0 radical (unpaired) electrons. The highest BCUT2D eigenvalue weighted by Gasteiger charge is 2.26. The lowest BCUT2D eigenvalue weighted by molar-refractivity contribution is 0.0690. The zero-order valence-electron chi connectivity index (χ0n) is 34.3. The van der Waals surface area contributed by atoms with Gasteiger partial charge < -0.3 is 36.3 Å². The molecule has 7 rings (SSSR count). The van der Waals surface area contributed by atoms with E-state index in [-0.39, 0.29) is 50.3 Å². The summed E-state index contributed by atoms with van der Waals surface area (Å²) in [6.45, 7) is 1.60. The molecule has 30 heteroatoms. The first-order valence-electron chi connectivity index (χ1n) is 18.6. The van der Waals surface area contributed by atoms with Gasteiger partial charge in [-0.25, -0.2) is 9.48 Å². The first-order chi connectivity index (χ1) is 31.7. The second-order valence-electron chi connectivity index (χ2n) is 14.3. The average molecular weight is 1020 g/mol. The van der Waals surface area contributed by atoms with Crippen molar-refractivity contribution in [2.45, 2.75) is 26.5 Å². The lowest BCUT2D eigenvalue weighted by atomic mass is 10.1. The van der Waals surface area contributed by atoms with Crippen LogP contribution in [-0.4, -0.2) is 90.1 Å². The van der Waals surface area contributed by atoms with Crippen LogP contribution in [0.4, 0.5) is 34.1 Å². The number of aromatic hydroxyl groups is 2. The molecule has 0 saturated heterocycles. The fraction of sp³-hybridized carbons (Fsp3) is 0.0526. The second kappa shape index (κ2) is 17.4. The quantitative estimate of drug-likeness (QED) is 0.0366. The third-order valence-corrected chi connectivity index (χ3v) is 13.5. The molecule has 0 aliphatic heterocycles. The number of H-pyrrole nitrogens is 1. The molecule has 0 atom stereocenters. The van der Waals surface area contributed by atoms with Crippen LogP contribution in [-0.2, 0) is 40.5 Å². The lowest BCUT2D eigenvalue weighted by Gasteiger charge is -2.20. The van der Waals surface area contributed by atoms with Crippen LogP contribution in [0.3, 0.4) is 0 Å². The maximum Gasteiger partial charge on any atom is 0.356 e. The number of nitrogens with one attached hydrogen (secondary N) is 7. The molecular formula is C38H34N8O18S4. The number of aromatic nitrogens is 2. The van der Waals surface area contributed by atoms with E-state index in [4.69, 9.17) is 4.74 Å². The maximum atomic E-state index is 13.3. The van der Waals surface area contributed by atoms with E-state index < -0.39 is 106 Å². The second-order valence-corrected chi connectivity index (χ2v) is 20.0. The minimum absolute atomic E-state index is 0.00139. The Balaban J connectivity index is 1.13. The highest BCUT2D eigenvalue weighted by molar-refractivity contribution is 7.86. The van der Waals surface area contributed by atoms with Crippen LogP contribution in [0.1, 0.15) is 16.1 Å². The van der Waals surface area contributed by atoms with E-state index in [9.17, 15) is 76.8 Å². The van der Waals surface area contributed by atoms with Crippen molar-refractivity contribution in [2.75, 3.05) is 39.7 Å². The van der Waals surface area contributed by atoms with Gasteiger partial charge in [-0.3, -0.25) is 44.4 Å². The largest absolute Gasteiger partial charge is 0.507 e. The molecule has 26 nitrogen and oxygen atoms in total. The molecule has 1 aromatic heterocycles. The number of benzene rings is 6. The topological polar surface area (TPSA) is 414 Å². The number of anilines is 6. The summed E-state index contributed by atoms with van der Waals surface area (Å²) < 4.78 is 141. The smallest absolute Gasteiger partial charge is 0.356 e. The van der Waals surface area contributed by atoms with Crippen LogP contribution in [0.25, 0.3) is 27.2 Å². The number of ether oxygens (including phenoxy) is 1. The molecular weight excluding hydrogens is 985 g/mol. The normalized spacial score (nSPS) is 12.1. The summed E-state index contributed by atoms with van der Waals surface area (Å²) in [5, 5.41) is 33.6. The number of hydrazine groups is 3. The average Bonchev–Trinajstić information content (AvgIpc) is 3.58. The fourth-order valence-electron chi connectivity index (χ4n) is 6.80. The molecule has 358 valence electrons. The van der Waals surface area contributed by atoms with E-state index in [1.54, 1.807) is 6.92 Å². The van der Waals surface area contributed by atoms with E-state index in [1.807, 2.05) is 0 Å². The highest BCUT2D eigenvalue weighted by Crippen LogP contribution is 2.41. The Kier molecular flexibility index (Phi) is 12.3. The monoisotopic (exact) mass is 1020 g/mol. The molecule has 0 spiro atoms. The minimum Gasteiger partial charge on any atom is -0.507 e. The number of hydrogen-bond donors (Lipinski definition) is 14. The van der Waals surface area contributed by atoms with Gasteiger partial charge in [-0.2, -0.15) is 33.7 Å². The Morgan fingerprint density at radius 3 is 1.84 bits per heavy atom. The SMILES string of the molecule is COc1cc(NNc2ccc(S(=O)(=O)O)c3cc(S(=O)(=O)O)cc(O)c23)c(C)cc1NNc1c(S(=O)(=O)O)cc2cc(NNc3c(C(=O)O)[nH]n(-c4ccc(S(=O)(=O)O)cc4)c3=O)ccc2c1O. The molecule has 0 unspecified atom stereocenters. The van der Waals surface area contributed by atoms with Crippen molar-refractivity contribution in [3.8, 4) is 22.9 Å². The van der Waals surface area contributed by atoms with Gasteiger partial charge in [-0.15, -0.1) is 0 Å². The van der Waals surface area contributed by atoms with Gasteiger partial charge in [0.25, 0.3) is 46.0 Å². The van der Waals surface area contributed by atoms with Crippen LogP contribution in [0.2, 0.25) is 0 Å². The zero-order chi connectivity index (χ0) is 49.8. The van der Waals surface area contributed by atoms with Crippen molar-refractivity contribution in [3.63, 3.8) is 0 Å². The number of carbonyl (C=O) groups is 1. The van der Waals surface area contributed by atoms with Gasteiger partial charge in [-0.1, -0.05) is 0 Å². The van der Waals surface area contributed by atoms with E-state index in [1.165, 1.54) is 37.4 Å². The fourth-order valence-corrected chi connectivity index (χ4v) is 9.17. The number of methoxy groups -OCH3 is 1. The highest BCUT2D eigenvalue weighted by atomic mass is 32.2. The molecule has 1 heterocycles. The van der Waals surface area contributed by atoms with Crippen molar-refractivity contribution < 1.29 is 76.7 Å². The summed E-state index contributed by atoms with van der Waals surface area (Å²) in [5.74, 6) is -2.96. The summed E-state index contributed by atoms with van der Waals surface area (Å²) in [6, 6.07) is 15.6. The summed E-state index contributed by atoms with van der Waals surface area (Å²) in [4.78, 5) is 22.4. The van der Waals surface area contributed by atoms with Crippen LogP contribution in [0.15, 0.2) is 109 Å². The van der Waals surface area contributed by atoms with E-state index >= 15 is 0 Å². The molecule has 6 aromatic carbocycles. The molecule has 0 bridgehead atoms. The number of phenols is 2. The predicted octanol–water partition coefficient (Wildman–Crippen LogP) is 4.20. The van der Waals surface area contributed by atoms with Crippen molar-refractivity contribution >= 4 is 102 Å². The zero-order valence-corrected chi connectivity index (χ0v) is 37.6. The van der Waals surface area contributed by atoms with Gasteiger partial charge in [0.05, 0.1) is 45.3 Å². The molecule has 0 aliphatic rings. The summed E-state index contributed by atoms with van der Waals surface area (Å²) >= 11 is 0. The molecule has 0 saturated carbocycles. The van der Waals surface area contributed by atoms with Crippen LogP contribution in [0.5, 0.6) is 17.2 Å². The van der Waals surface area contributed by atoms with E-state index in [2.05, 4.69) is 37.7 Å². The Labute approximate surface area is 382 Å². The number of fused-ring (bicyclic) bond motifs is 2. The van der Waals surface area contributed by atoms with Crippen LogP contribution < -0.4 is 42.9 Å². The number of aromatic amines is 1. The number of rotatable bonds is 16. The summed E-state index contributed by atoms with van der Waals surface area (Å²) in [6.07, 6.45) is 0. The Morgan fingerprint density at radius 1 is 0.618 bits per heavy atom. The molecule has 7 aromatic rings. The molecule has 14 N–H and O–H groups in total. The van der Waals surface area contributed by atoms with Crippen LogP contribution in [0, 0.1) is 6.92 Å². The number of carboxylic acids is 1. The predicted molar refractivity (Wildman–Crippen MR) is 243 cm³/mol. The van der Waals surface area contributed by atoms with Gasteiger partial charge in [0.2, 0.25) is 0 Å². The van der Waals surface area contributed by atoms with Gasteiger partial charge in [-0.05, 0) is 90.7 Å². The Morgan fingerprint density at radius 2 is 1.24 bits per heavy atom. The van der Waals surface area contributed by atoms with Crippen molar-refractivity contribution in [2.24, 2.45) is 0 Å². The number of hydrogen-bond acceptors (Lipinski definition) is 19. The van der Waals surface area contributed by atoms with Gasteiger partial charge >= 0.3 is 5.97 Å². The Bertz CT molecular complexity index is 3770. The lowest BCUT2D eigenvalue weighted by Crippen LogP contribution is -2.21. The number of carboxylic acid groups (broad SMARTS) is 1. The van der Waals surface area contributed by atoms with Crippen molar-refractivity contribution in [1.82, 2.24) is 9.78 Å². The molecule has 0 aliphatic carbocycles. The third kappa shape index (κ3) is 9.54. The molecule has 0 amide bonds. The van der Waals surface area contributed by atoms with Crippen molar-refractivity contribution in [1.29, 1.82) is 0 Å². The first kappa shape index (κ1) is 48.1. The summed E-state index contributed by atoms with van der Waals surface area (Å²) in [7, 11) is -18.3. The van der Waals surface area contributed by atoms with Crippen LogP contribution >= 0.6 is 0 Å². The minimum atomic E-state index is -5.10.